The van der Waals surface area contributed by atoms with Gasteiger partial charge in [-0.2, -0.15) is 4.98 Å². The van der Waals surface area contributed by atoms with Crippen LogP contribution in [0.4, 0.5) is 11.7 Å². The van der Waals surface area contributed by atoms with Crippen LogP contribution in [-0.4, -0.2) is 42.3 Å². The summed E-state index contributed by atoms with van der Waals surface area (Å²) >= 11 is 0. The first-order valence-electron chi connectivity index (χ1n) is 12.3. The van der Waals surface area contributed by atoms with Crippen molar-refractivity contribution in [3.8, 4) is 5.75 Å². The normalized spacial score (nSPS) is 18.4. The second-order valence-electron chi connectivity index (χ2n) is 9.67. The van der Waals surface area contributed by atoms with Crippen molar-refractivity contribution < 1.29 is 14.1 Å². The van der Waals surface area contributed by atoms with Gasteiger partial charge in [0.25, 0.3) is 0 Å². The molecule has 0 spiro atoms. The van der Waals surface area contributed by atoms with Crippen molar-refractivity contribution in [2.75, 3.05) is 36.0 Å². The minimum absolute atomic E-state index is 0.178. The number of carbonyl (C=O) groups is 1. The van der Waals surface area contributed by atoms with Crippen LogP contribution in [-0.2, 0) is 11.3 Å². The molecule has 0 aliphatic carbocycles. The Balaban J connectivity index is 1.24. The maximum Gasteiger partial charge on any atom is 0.324 e. The highest BCUT2D eigenvalue weighted by Gasteiger charge is 2.27. The van der Waals surface area contributed by atoms with Gasteiger partial charge in [-0.25, -0.2) is 0 Å². The molecule has 180 valence electrons. The number of piperidine rings is 1. The van der Waals surface area contributed by atoms with Gasteiger partial charge in [-0.3, -0.25) is 4.79 Å². The second-order valence-corrected chi connectivity index (χ2v) is 9.67. The SMILES string of the molecule is CC(C)c1noc(N2CCC(C(C)CCOc3ccc(N4CCCC4=O)c(CN)c3)CC2)n1. The molecule has 2 saturated heterocycles. The zero-order valence-electron chi connectivity index (χ0n) is 20.1. The lowest BCUT2D eigenvalue weighted by Crippen LogP contribution is -2.36. The van der Waals surface area contributed by atoms with Gasteiger partial charge in [0.15, 0.2) is 5.82 Å². The first kappa shape index (κ1) is 23.5. The average Bonchev–Trinajstić information content (AvgIpc) is 3.48. The summed E-state index contributed by atoms with van der Waals surface area (Å²) in [6.45, 7) is 10.2. The van der Waals surface area contributed by atoms with Gasteiger partial charge in [0.2, 0.25) is 5.91 Å². The van der Waals surface area contributed by atoms with Gasteiger partial charge in [-0.05, 0) is 61.3 Å². The molecule has 1 amide bonds. The number of carbonyl (C=O) groups excluding carboxylic acids is 1. The largest absolute Gasteiger partial charge is 0.494 e. The van der Waals surface area contributed by atoms with Crippen molar-refractivity contribution in [3.63, 3.8) is 0 Å². The van der Waals surface area contributed by atoms with Gasteiger partial charge in [0.1, 0.15) is 5.75 Å². The number of amides is 1. The lowest BCUT2D eigenvalue weighted by Gasteiger charge is -2.33. The lowest BCUT2D eigenvalue weighted by molar-refractivity contribution is -0.117. The molecule has 0 saturated carbocycles. The zero-order valence-corrected chi connectivity index (χ0v) is 20.1. The average molecular weight is 456 g/mol. The van der Waals surface area contributed by atoms with E-state index in [1.165, 1.54) is 0 Å². The summed E-state index contributed by atoms with van der Waals surface area (Å²) in [5.74, 6) is 3.30. The number of rotatable bonds is 9. The van der Waals surface area contributed by atoms with Gasteiger partial charge in [-0.15, -0.1) is 0 Å². The quantitative estimate of drug-likeness (QED) is 0.608. The van der Waals surface area contributed by atoms with Crippen molar-refractivity contribution in [2.45, 2.75) is 65.3 Å². The molecule has 8 heteroatoms. The summed E-state index contributed by atoms with van der Waals surface area (Å²) in [5.41, 5.74) is 7.85. The summed E-state index contributed by atoms with van der Waals surface area (Å²) < 4.78 is 11.5. The van der Waals surface area contributed by atoms with Crippen LogP contribution in [0.3, 0.4) is 0 Å². The number of anilines is 2. The molecule has 0 bridgehead atoms. The standard InChI is InChI=1S/C25H37N5O3/c1-17(2)24-27-25(33-28-24)29-12-8-19(9-13-29)18(3)10-14-32-21-6-7-22(20(15-21)16-26)30-11-4-5-23(30)31/h6-7,15,17-19H,4-5,8-14,16,26H2,1-3H3. The Morgan fingerprint density at radius 3 is 2.64 bits per heavy atom. The molecule has 8 nitrogen and oxygen atoms in total. The van der Waals surface area contributed by atoms with Crippen molar-refractivity contribution in [1.82, 2.24) is 10.1 Å². The van der Waals surface area contributed by atoms with E-state index < -0.39 is 0 Å². The molecule has 2 fully saturated rings. The van der Waals surface area contributed by atoms with Crippen molar-refractivity contribution >= 4 is 17.6 Å². The molecule has 4 rings (SSSR count). The zero-order chi connectivity index (χ0) is 23.4. The summed E-state index contributed by atoms with van der Waals surface area (Å²) in [7, 11) is 0. The van der Waals surface area contributed by atoms with Crippen LogP contribution >= 0.6 is 0 Å². The molecule has 2 aliphatic heterocycles. The van der Waals surface area contributed by atoms with Crippen molar-refractivity contribution in [3.05, 3.63) is 29.6 Å². The Morgan fingerprint density at radius 2 is 2.00 bits per heavy atom. The van der Waals surface area contributed by atoms with E-state index in [1.807, 2.05) is 23.1 Å². The Labute approximate surface area is 196 Å². The Bertz CT molecular complexity index is 936. The number of hydrogen-bond acceptors (Lipinski definition) is 7. The van der Waals surface area contributed by atoms with Crippen molar-refractivity contribution in [1.29, 1.82) is 0 Å². The third-order valence-corrected chi connectivity index (χ3v) is 7.04. The molecule has 3 heterocycles. The molecule has 1 aromatic carbocycles. The van der Waals surface area contributed by atoms with Crippen LogP contribution in [0.25, 0.3) is 0 Å². The third kappa shape index (κ3) is 5.49. The fourth-order valence-electron chi connectivity index (χ4n) is 4.83. The fraction of sp³-hybridized carbons (Fsp3) is 0.640. The van der Waals surface area contributed by atoms with Crippen molar-refractivity contribution in [2.24, 2.45) is 17.6 Å². The molecule has 1 atom stereocenters. The molecule has 33 heavy (non-hydrogen) atoms. The van der Waals surface area contributed by atoms with Crippen LogP contribution in [0.15, 0.2) is 22.7 Å². The highest BCUT2D eigenvalue weighted by Crippen LogP contribution is 2.31. The van der Waals surface area contributed by atoms with E-state index in [2.05, 4.69) is 35.8 Å². The van der Waals surface area contributed by atoms with E-state index in [0.29, 0.717) is 37.4 Å². The van der Waals surface area contributed by atoms with Gasteiger partial charge >= 0.3 is 6.01 Å². The summed E-state index contributed by atoms with van der Waals surface area (Å²) in [6.07, 6.45) is 4.78. The molecule has 1 aromatic heterocycles. The van der Waals surface area contributed by atoms with Gasteiger partial charge < -0.3 is 24.8 Å². The van der Waals surface area contributed by atoms with Gasteiger partial charge in [0.05, 0.1) is 6.61 Å². The second kappa shape index (κ2) is 10.5. The molecular formula is C25H37N5O3. The number of benzene rings is 1. The maximum absolute atomic E-state index is 12.1. The molecule has 2 aromatic rings. The molecule has 1 unspecified atom stereocenters. The van der Waals surface area contributed by atoms with Crippen LogP contribution in [0.5, 0.6) is 5.75 Å². The van der Waals surface area contributed by atoms with E-state index in [1.54, 1.807) is 0 Å². The third-order valence-electron chi connectivity index (χ3n) is 7.04. The fourth-order valence-corrected chi connectivity index (χ4v) is 4.83. The number of nitrogens with zero attached hydrogens (tertiary/aromatic N) is 4. The van der Waals surface area contributed by atoms with E-state index in [9.17, 15) is 4.79 Å². The Kier molecular flexibility index (Phi) is 7.53. The Hall–Kier alpha value is -2.61. The van der Waals surface area contributed by atoms with Crippen LogP contribution in [0.1, 0.15) is 70.2 Å². The monoisotopic (exact) mass is 455 g/mol. The number of nitrogens with two attached hydrogens (primary N) is 1. The minimum Gasteiger partial charge on any atom is -0.494 e. The number of aromatic nitrogens is 2. The summed E-state index contributed by atoms with van der Waals surface area (Å²) in [4.78, 5) is 20.7. The van der Waals surface area contributed by atoms with Gasteiger partial charge in [-0.1, -0.05) is 25.9 Å². The van der Waals surface area contributed by atoms with Gasteiger partial charge in [0, 0.05) is 44.2 Å². The van der Waals surface area contributed by atoms with Crippen LogP contribution in [0, 0.1) is 11.8 Å². The predicted octanol–water partition coefficient (Wildman–Crippen LogP) is 4.10. The van der Waals surface area contributed by atoms with Crippen LogP contribution < -0.4 is 20.3 Å². The predicted molar refractivity (Wildman–Crippen MR) is 129 cm³/mol. The number of hydrogen-bond donors (Lipinski definition) is 1. The molecule has 2 aliphatic rings. The topological polar surface area (TPSA) is 97.7 Å². The smallest absolute Gasteiger partial charge is 0.324 e. The minimum atomic E-state index is 0.178. The molecule has 0 radical (unpaired) electrons. The van der Waals surface area contributed by atoms with E-state index in [0.717, 1.165) is 68.1 Å². The molecular weight excluding hydrogens is 418 g/mol. The van der Waals surface area contributed by atoms with E-state index >= 15 is 0 Å². The maximum atomic E-state index is 12.1. The number of ether oxygens (including phenoxy) is 1. The van der Waals surface area contributed by atoms with Crippen LogP contribution in [0.2, 0.25) is 0 Å². The van der Waals surface area contributed by atoms with E-state index in [-0.39, 0.29) is 11.8 Å². The first-order valence-corrected chi connectivity index (χ1v) is 12.3. The Morgan fingerprint density at radius 1 is 1.21 bits per heavy atom. The summed E-state index contributed by atoms with van der Waals surface area (Å²) in [5, 5.41) is 4.09. The summed E-state index contributed by atoms with van der Waals surface area (Å²) in [6, 6.07) is 6.57. The molecule has 2 N–H and O–H groups in total. The highest BCUT2D eigenvalue weighted by atomic mass is 16.5. The highest BCUT2D eigenvalue weighted by molar-refractivity contribution is 5.96. The first-order chi connectivity index (χ1) is 16.0. The van der Waals surface area contributed by atoms with E-state index in [4.69, 9.17) is 15.0 Å². The lowest BCUT2D eigenvalue weighted by atomic mass is 9.84.